The smallest absolute Gasteiger partial charge is 0.326 e. The molecule has 0 saturated carbocycles. The van der Waals surface area contributed by atoms with Crippen LogP contribution in [0.5, 0.6) is 0 Å². The molecule has 0 aromatic heterocycles. The maximum absolute atomic E-state index is 13.5. The molecular weight excluding hydrogens is 370 g/mol. The molecule has 0 spiro atoms. The Labute approximate surface area is 132 Å². The summed E-state index contributed by atoms with van der Waals surface area (Å²) in [5.41, 5.74) is -0.261. The van der Waals surface area contributed by atoms with Gasteiger partial charge >= 0.3 is 12.0 Å². The van der Waals surface area contributed by atoms with Gasteiger partial charge in [0, 0.05) is 10.5 Å². The van der Waals surface area contributed by atoms with Crippen LogP contribution in [0, 0.1) is 11.6 Å². The molecule has 1 rings (SSSR count). The van der Waals surface area contributed by atoms with E-state index in [0.717, 1.165) is 6.07 Å². The maximum atomic E-state index is 13.5. The van der Waals surface area contributed by atoms with Gasteiger partial charge in [0.1, 0.15) is 11.9 Å². The number of hydrogen-bond acceptors (Lipinski definition) is 3. The van der Waals surface area contributed by atoms with Crippen LogP contribution in [0.25, 0.3) is 0 Å². The molecule has 1 atom stereocenters. The normalized spacial score (nSPS) is 11.8. The van der Waals surface area contributed by atoms with Crippen molar-refractivity contribution in [1.82, 2.24) is 5.32 Å². The van der Waals surface area contributed by atoms with Crippen molar-refractivity contribution in [3.8, 4) is 0 Å². The molecule has 0 heterocycles. The zero-order valence-corrected chi connectivity index (χ0v) is 13.4. The molecule has 0 aliphatic heterocycles. The molecule has 0 unspecified atom stereocenters. The number of rotatable bonds is 6. The lowest BCUT2D eigenvalue weighted by atomic mass is 10.2. The number of benzene rings is 1. The number of carboxylic acid groups (broad SMARTS) is 1. The predicted molar refractivity (Wildman–Crippen MR) is 80.6 cm³/mol. The Hall–Kier alpha value is -1.35. The van der Waals surface area contributed by atoms with E-state index in [1.807, 2.05) is 6.26 Å². The van der Waals surface area contributed by atoms with Gasteiger partial charge in [0.05, 0.1) is 5.69 Å². The molecule has 1 aromatic rings. The monoisotopic (exact) mass is 382 g/mol. The van der Waals surface area contributed by atoms with Gasteiger partial charge in [-0.15, -0.1) is 0 Å². The van der Waals surface area contributed by atoms with E-state index in [-0.39, 0.29) is 16.6 Å². The van der Waals surface area contributed by atoms with Crippen molar-refractivity contribution in [3.05, 3.63) is 28.2 Å². The molecule has 0 radical (unpaired) electrons. The average Bonchev–Trinajstić information content (AvgIpc) is 2.38. The molecule has 0 fully saturated rings. The third-order valence-corrected chi connectivity index (χ3v) is 3.73. The second-order valence-electron chi connectivity index (χ2n) is 4.02. The summed E-state index contributed by atoms with van der Waals surface area (Å²) in [7, 11) is 0. The van der Waals surface area contributed by atoms with Gasteiger partial charge in [-0.05, 0) is 40.4 Å². The van der Waals surface area contributed by atoms with Crippen LogP contribution in [0.4, 0.5) is 19.3 Å². The lowest BCUT2D eigenvalue weighted by molar-refractivity contribution is -0.139. The summed E-state index contributed by atoms with van der Waals surface area (Å²) >= 11 is 4.36. The SMILES string of the molecule is CSCC[C@H](NC(=O)Nc1c(F)cc(F)cc1Br)C(=O)O. The number of thioether (sulfide) groups is 1. The van der Waals surface area contributed by atoms with Gasteiger partial charge in [0.2, 0.25) is 0 Å². The van der Waals surface area contributed by atoms with Gasteiger partial charge < -0.3 is 15.7 Å². The predicted octanol–water partition coefficient (Wildman–Crippen LogP) is 3.06. The highest BCUT2D eigenvalue weighted by Gasteiger charge is 2.20. The van der Waals surface area contributed by atoms with Crippen molar-refractivity contribution in [2.24, 2.45) is 0 Å². The van der Waals surface area contributed by atoms with Crippen molar-refractivity contribution in [1.29, 1.82) is 0 Å². The van der Waals surface area contributed by atoms with Gasteiger partial charge in [-0.25, -0.2) is 18.4 Å². The summed E-state index contributed by atoms with van der Waals surface area (Å²) in [4.78, 5) is 22.7. The molecular formula is C12H13BrF2N2O3S. The number of aliphatic carboxylic acids is 1. The molecule has 116 valence electrons. The number of amides is 2. The van der Waals surface area contributed by atoms with E-state index >= 15 is 0 Å². The maximum Gasteiger partial charge on any atom is 0.326 e. The summed E-state index contributed by atoms with van der Waals surface area (Å²) in [6.45, 7) is 0. The van der Waals surface area contributed by atoms with Crippen LogP contribution in [0.1, 0.15) is 6.42 Å². The zero-order chi connectivity index (χ0) is 16.0. The fourth-order valence-electron chi connectivity index (χ4n) is 1.46. The minimum atomic E-state index is -1.18. The summed E-state index contributed by atoms with van der Waals surface area (Å²) in [6.07, 6.45) is 2.04. The molecule has 0 aliphatic carbocycles. The van der Waals surface area contributed by atoms with E-state index in [1.54, 1.807) is 0 Å². The van der Waals surface area contributed by atoms with Gasteiger partial charge in [-0.3, -0.25) is 0 Å². The third kappa shape index (κ3) is 5.50. The number of carbonyl (C=O) groups excluding carboxylic acids is 1. The number of carboxylic acids is 1. The largest absolute Gasteiger partial charge is 0.480 e. The topological polar surface area (TPSA) is 78.4 Å². The molecule has 0 aliphatic rings. The Balaban J connectivity index is 2.74. The van der Waals surface area contributed by atoms with Gasteiger partial charge in [-0.2, -0.15) is 11.8 Å². The number of urea groups is 1. The molecule has 0 saturated heterocycles. The fourth-order valence-corrected chi connectivity index (χ4v) is 2.44. The van der Waals surface area contributed by atoms with Crippen LogP contribution < -0.4 is 10.6 Å². The first-order chi connectivity index (χ1) is 9.85. The molecule has 3 N–H and O–H groups in total. The molecule has 2 amide bonds. The number of anilines is 1. The van der Waals surface area contributed by atoms with E-state index < -0.39 is 29.7 Å². The zero-order valence-electron chi connectivity index (χ0n) is 11.0. The van der Waals surface area contributed by atoms with E-state index in [9.17, 15) is 18.4 Å². The summed E-state index contributed by atoms with van der Waals surface area (Å²) < 4.78 is 26.5. The number of nitrogens with one attached hydrogen (secondary N) is 2. The first kappa shape index (κ1) is 17.7. The number of carbonyl (C=O) groups is 2. The molecule has 0 bridgehead atoms. The van der Waals surface area contributed by atoms with Crippen molar-refractivity contribution < 1.29 is 23.5 Å². The molecule has 5 nitrogen and oxygen atoms in total. The van der Waals surface area contributed by atoms with Crippen LogP contribution in [0.15, 0.2) is 16.6 Å². The molecule has 9 heteroatoms. The van der Waals surface area contributed by atoms with E-state index in [0.29, 0.717) is 11.8 Å². The quantitative estimate of drug-likeness (QED) is 0.706. The van der Waals surface area contributed by atoms with Crippen LogP contribution in [-0.4, -0.2) is 35.2 Å². The highest BCUT2D eigenvalue weighted by atomic mass is 79.9. The van der Waals surface area contributed by atoms with Crippen molar-refractivity contribution >= 4 is 45.4 Å². The lowest BCUT2D eigenvalue weighted by Crippen LogP contribution is -2.43. The van der Waals surface area contributed by atoms with Crippen LogP contribution in [-0.2, 0) is 4.79 Å². The highest BCUT2D eigenvalue weighted by molar-refractivity contribution is 9.10. The number of halogens is 3. The molecule has 1 aromatic carbocycles. The summed E-state index contributed by atoms with van der Waals surface area (Å²) in [6, 6.07) is -0.362. The summed E-state index contributed by atoms with van der Waals surface area (Å²) in [5.74, 6) is -2.40. The Morgan fingerprint density at radius 1 is 1.43 bits per heavy atom. The average molecular weight is 383 g/mol. The van der Waals surface area contributed by atoms with Gasteiger partial charge in [-0.1, -0.05) is 0 Å². The van der Waals surface area contributed by atoms with Crippen LogP contribution >= 0.6 is 27.7 Å². The first-order valence-corrected chi connectivity index (χ1v) is 7.97. The Morgan fingerprint density at radius 2 is 2.10 bits per heavy atom. The second kappa shape index (κ2) is 8.18. The minimum Gasteiger partial charge on any atom is -0.480 e. The molecule has 21 heavy (non-hydrogen) atoms. The first-order valence-electron chi connectivity index (χ1n) is 5.79. The Kier molecular flexibility index (Phi) is 6.90. The Bertz CT molecular complexity index is 522. The second-order valence-corrected chi connectivity index (χ2v) is 5.86. The number of hydrogen-bond donors (Lipinski definition) is 3. The lowest BCUT2D eigenvalue weighted by Gasteiger charge is -2.15. The van der Waals surface area contributed by atoms with Crippen molar-refractivity contribution in [3.63, 3.8) is 0 Å². The highest BCUT2D eigenvalue weighted by Crippen LogP contribution is 2.26. The van der Waals surface area contributed by atoms with Gasteiger partial charge in [0.15, 0.2) is 5.82 Å². The van der Waals surface area contributed by atoms with E-state index in [4.69, 9.17) is 5.11 Å². The van der Waals surface area contributed by atoms with Crippen LogP contribution in [0.3, 0.4) is 0 Å². The standard InChI is InChI=1S/C12H13BrF2N2O3S/c1-21-3-2-9(11(18)19)16-12(20)17-10-7(13)4-6(14)5-8(10)15/h4-5,9H,2-3H2,1H3,(H,18,19)(H2,16,17,20)/t9-/m0/s1. The fraction of sp³-hybridized carbons (Fsp3) is 0.333. The summed E-state index contributed by atoms with van der Waals surface area (Å²) in [5, 5.41) is 13.4. The van der Waals surface area contributed by atoms with Crippen LogP contribution in [0.2, 0.25) is 0 Å². The van der Waals surface area contributed by atoms with Gasteiger partial charge in [0.25, 0.3) is 0 Å². The van der Waals surface area contributed by atoms with Crippen molar-refractivity contribution in [2.75, 3.05) is 17.3 Å². The Morgan fingerprint density at radius 3 is 2.62 bits per heavy atom. The van der Waals surface area contributed by atoms with Crippen molar-refractivity contribution in [2.45, 2.75) is 12.5 Å². The van der Waals surface area contributed by atoms with E-state index in [1.165, 1.54) is 11.8 Å². The minimum absolute atomic E-state index is 0.0196. The van der Waals surface area contributed by atoms with E-state index in [2.05, 4.69) is 26.6 Å². The third-order valence-electron chi connectivity index (χ3n) is 2.46.